The Balaban J connectivity index is 1.75. The maximum atomic E-state index is 10.8. The van der Waals surface area contributed by atoms with Crippen LogP contribution in [-0.4, -0.2) is 15.1 Å². The third kappa shape index (κ3) is 3.64. The minimum Gasteiger partial charge on any atom is -0.376 e. The van der Waals surface area contributed by atoms with Gasteiger partial charge in [-0.15, -0.1) is 10.2 Å². The van der Waals surface area contributed by atoms with Crippen molar-refractivity contribution in [1.82, 2.24) is 10.2 Å². The van der Waals surface area contributed by atoms with E-state index < -0.39 is 4.92 Å². The number of aromatic nitrogens is 2. The molecule has 0 spiro atoms. The second-order valence-corrected chi connectivity index (χ2v) is 6.64. The Kier molecular flexibility index (Phi) is 4.94. The Morgan fingerprint density at radius 2 is 1.79 bits per heavy atom. The highest BCUT2D eigenvalue weighted by Gasteiger charge is 2.15. The molecule has 0 saturated carbocycles. The highest BCUT2D eigenvalue weighted by Crippen LogP contribution is 2.35. The first-order valence-electron chi connectivity index (χ1n) is 6.79. The Morgan fingerprint density at radius 1 is 1.12 bits per heavy atom. The van der Waals surface area contributed by atoms with Crippen molar-refractivity contribution in [3.05, 3.63) is 67.6 Å². The van der Waals surface area contributed by atoms with Gasteiger partial charge in [0, 0.05) is 17.7 Å². The van der Waals surface area contributed by atoms with Crippen molar-refractivity contribution in [3.8, 4) is 10.6 Å². The molecule has 9 heteroatoms. The summed E-state index contributed by atoms with van der Waals surface area (Å²) in [5.41, 5.74) is 1.27. The second-order valence-electron chi connectivity index (χ2n) is 4.76. The van der Waals surface area contributed by atoms with Crippen LogP contribution >= 0.6 is 34.5 Å². The van der Waals surface area contributed by atoms with Crippen LogP contribution in [-0.2, 0) is 6.54 Å². The average molecular weight is 381 g/mol. The smallest absolute Gasteiger partial charge is 0.272 e. The molecule has 0 aliphatic carbocycles. The lowest BCUT2D eigenvalue weighted by Crippen LogP contribution is -2.01. The van der Waals surface area contributed by atoms with Crippen LogP contribution in [0.4, 0.5) is 11.4 Å². The fourth-order valence-corrected chi connectivity index (χ4v) is 3.41. The summed E-state index contributed by atoms with van der Waals surface area (Å²) >= 11 is 13.6. The fourth-order valence-electron chi connectivity index (χ4n) is 2.02. The first kappa shape index (κ1) is 16.6. The summed E-state index contributed by atoms with van der Waals surface area (Å²) in [5, 5.41) is 24.0. The van der Waals surface area contributed by atoms with E-state index in [1.807, 2.05) is 30.3 Å². The van der Waals surface area contributed by atoms with Crippen molar-refractivity contribution in [2.24, 2.45) is 0 Å². The van der Waals surface area contributed by atoms with Gasteiger partial charge in [-0.25, -0.2) is 0 Å². The molecular weight excluding hydrogens is 371 g/mol. The quantitative estimate of drug-likeness (QED) is 0.495. The number of nitro groups is 1. The first-order valence-corrected chi connectivity index (χ1v) is 8.37. The fraction of sp³-hybridized carbons (Fsp3) is 0.0667. The maximum absolute atomic E-state index is 10.8. The molecule has 0 unspecified atom stereocenters. The van der Waals surface area contributed by atoms with Crippen molar-refractivity contribution in [1.29, 1.82) is 0 Å². The van der Waals surface area contributed by atoms with Gasteiger partial charge in [0.15, 0.2) is 0 Å². The van der Waals surface area contributed by atoms with Crippen LogP contribution in [0.3, 0.4) is 0 Å². The molecule has 0 aliphatic rings. The molecule has 0 amide bonds. The van der Waals surface area contributed by atoms with Crippen molar-refractivity contribution >= 4 is 45.9 Å². The summed E-state index contributed by atoms with van der Waals surface area (Å²) in [6, 6.07) is 12.2. The Morgan fingerprint density at radius 3 is 2.42 bits per heavy atom. The summed E-state index contributed by atoms with van der Waals surface area (Å²) in [4.78, 5) is 10.2. The average Bonchev–Trinajstić information content (AvgIpc) is 3.03. The number of benzene rings is 2. The lowest BCUT2D eigenvalue weighted by Gasteiger charge is -2.08. The summed E-state index contributed by atoms with van der Waals surface area (Å²) < 4.78 is 0. The largest absolute Gasteiger partial charge is 0.376 e. The van der Waals surface area contributed by atoms with Gasteiger partial charge >= 0.3 is 0 Å². The lowest BCUT2D eigenvalue weighted by molar-refractivity contribution is -0.384. The molecule has 3 aromatic rings. The number of non-ortho nitro benzene ring substituents is 1. The van der Waals surface area contributed by atoms with Gasteiger partial charge in [-0.3, -0.25) is 10.1 Å². The van der Waals surface area contributed by atoms with Crippen LogP contribution in [0, 0.1) is 10.1 Å². The summed E-state index contributed by atoms with van der Waals surface area (Å²) in [7, 11) is 0. The molecule has 0 atom stereocenters. The van der Waals surface area contributed by atoms with E-state index in [1.54, 1.807) is 0 Å². The number of hydrogen-bond acceptors (Lipinski definition) is 6. The van der Waals surface area contributed by atoms with Crippen molar-refractivity contribution in [2.45, 2.75) is 6.54 Å². The van der Waals surface area contributed by atoms with Crippen LogP contribution in [0.5, 0.6) is 0 Å². The molecular formula is C15H10Cl2N4O2S. The van der Waals surface area contributed by atoms with Gasteiger partial charge in [-0.05, 0) is 0 Å². The number of nitrogens with one attached hydrogen (secondary N) is 1. The van der Waals surface area contributed by atoms with Gasteiger partial charge in [-0.2, -0.15) is 0 Å². The molecule has 1 heterocycles. The van der Waals surface area contributed by atoms with Crippen LogP contribution < -0.4 is 5.32 Å². The van der Waals surface area contributed by atoms with Gasteiger partial charge in [0.1, 0.15) is 10.0 Å². The van der Waals surface area contributed by atoms with Crippen LogP contribution in [0.2, 0.25) is 10.0 Å². The first-order chi connectivity index (χ1) is 11.5. The number of nitrogens with zero attached hydrogens (tertiary/aromatic N) is 3. The Hall–Kier alpha value is -2.22. The van der Waals surface area contributed by atoms with Gasteiger partial charge < -0.3 is 5.32 Å². The lowest BCUT2D eigenvalue weighted by atomic mass is 10.2. The molecule has 6 nitrogen and oxygen atoms in total. The SMILES string of the molecule is O=[N+]([O-])c1cc(Cl)c(NCc2nnc(-c3ccccc3)s2)c(Cl)c1. The molecule has 3 rings (SSSR count). The van der Waals surface area contributed by atoms with Crippen LogP contribution in [0.15, 0.2) is 42.5 Å². The highest BCUT2D eigenvalue weighted by atomic mass is 35.5. The molecule has 1 N–H and O–H groups in total. The molecule has 0 saturated heterocycles. The maximum Gasteiger partial charge on any atom is 0.272 e. The Labute approximate surface area is 151 Å². The standard InChI is InChI=1S/C15H10Cl2N4O2S/c16-11-6-10(21(22)23)7-12(17)14(11)18-8-13-19-20-15(24-13)9-4-2-1-3-5-9/h1-7,18H,8H2. The molecule has 0 bridgehead atoms. The highest BCUT2D eigenvalue weighted by molar-refractivity contribution is 7.14. The van der Waals surface area contributed by atoms with Crippen molar-refractivity contribution in [3.63, 3.8) is 0 Å². The van der Waals surface area contributed by atoms with Crippen molar-refractivity contribution in [2.75, 3.05) is 5.32 Å². The molecule has 122 valence electrons. The van der Waals surface area contributed by atoms with E-state index in [1.165, 1.54) is 23.5 Å². The van der Waals surface area contributed by atoms with Crippen LogP contribution in [0.1, 0.15) is 5.01 Å². The zero-order valence-corrected chi connectivity index (χ0v) is 14.4. The van der Waals surface area contributed by atoms with Crippen LogP contribution in [0.25, 0.3) is 10.6 Å². The van der Waals surface area contributed by atoms with E-state index in [0.717, 1.165) is 15.6 Å². The Bertz CT molecular complexity index is 863. The van der Waals surface area contributed by atoms with E-state index in [4.69, 9.17) is 23.2 Å². The second kappa shape index (κ2) is 7.12. The predicted octanol–water partition coefficient (Wildman–Crippen LogP) is 5.03. The van der Waals surface area contributed by atoms with Crippen molar-refractivity contribution < 1.29 is 4.92 Å². The summed E-state index contributed by atoms with van der Waals surface area (Å²) in [6.45, 7) is 0.363. The predicted molar refractivity (Wildman–Crippen MR) is 95.8 cm³/mol. The number of rotatable bonds is 5. The zero-order valence-electron chi connectivity index (χ0n) is 12.1. The summed E-state index contributed by atoms with van der Waals surface area (Å²) in [5.74, 6) is 0. The van der Waals surface area contributed by atoms with Gasteiger partial charge in [-0.1, -0.05) is 64.9 Å². The molecule has 0 radical (unpaired) electrons. The van der Waals surface area contributed by atoms with Gasteiger partial charge in [0.25, 0.3) is 5.69 Å². The van der Waals surface area contributed by atoms with E-state index in [9.17, 15) is 10.1 Å². The summed E-state index contributed by atoms with van der Waals surface area (Å²) in [6.07, 6.45) is 0. The molecule has 24 heavy (non-hydrogen) atoms. The minimum atomic E-state index is -0.543. The monoisotopic (exact) mass is 380 g/mol. The minimum absolute atomic E-state index is 0.155. The molecule has 0 aliphatic heterocycles. The number of hydrogen-bond donors (Lipinski definition) is 1. The number of anilines is 1. The van der Waals surface area contributed by atoms with E-state index in [0.29, 0.717) is 12.2 Å². The third-order valence-electron chi connectivity index (χ3n) is 3.14. The molecule has 0 fully saturated rings. The van der Waals surface area contributed by atoms with E-state index in [-0.39, 0.29) is 15.7 Å². The zero-order chi connectivity index (χ0) is 17.1. The number of halogens is 2. The molecule has 1 aromatic heterocycles. The van der Waals surface area contributed by atoms with Gasteiger partial charge in [0.05, 0.1) is 27.2 Å². The topological polar surface area (TPSA) is 81.0 Å². The van der Waals surface area contributed by atoms with Gasteiger partial charge in [0.2, 0.25) is 0 Å². The van der Waals surface area contributed by atoms with E-state index in [2.05, 4.69) is 15.5 Å². The third-order valence-corrected chi connectivity index (χ3v) is 4.71. The molecule has 2 aromatic carbocycles. The van der Waals surface area contributed by atoms with E-state index >= 15 is 0 Å². The number of nitro benzene ring substituents is 1. The normalized spacial score (nSPS) is 10.6.